The molecule has 76 valence electrons. The Kier molecular flexibility index (Phi) is 3.74. The number of hydrogen-bond acceptors (Lipinski definition) is 3. The Bertz CT molecular complexity index is 413. The van der Waals surface area contributed by atoms with Crippen LogP contribution in [0, 0.1) is 0 Å². The molecular formula is C7H8NO4PS. The molecule has 0 atom stereocenters. The molecule has 3 N–H and O–H groups in total. The van der Waals surface area contributed by atoms with Gasteiger partial charge < -0.3 is 14.7 Å². The van der Waals surface area contributed by atoms with E-state index >= 15 is 0 Å². The highest BCUT2D eigenvalue weighted by Gasteiger charge is 2.00. The number of fused-ring (bicyclic) bond motifs is 1. The predicted molar refractivity (Wildman–Crippen MR) is 53.9 cm³/mol. The zero-order valence-electron chi connectivity index (χ0n) is 6.94. The van der Waals surface area contributed by atoms with Crippen LogP contribution in [0.5, 0.6) is 0 Å². The Morgan fingerprint density at radius 2 is 1.79 bits per heavy atom. The predicted octanol–water partition coefficient (Wildman–Crippen LogP) is 1.37. The van der Waals surface area contributed by atoms with Crippen molar-refractivity contribution < 1.29 is 19.2 Å². The Labute approximate surface area is 83.9 Å². The summed E-state index contributed by atoms with van der Waals surface area (Å²) < 4.78 is 10.1. The number of aromatic nitrogens is 1. The molecule has 14 heavy (non-hydrogen) atoms. The van der Waals surface area contributed by atoms with Crippen molar-refractivity contribution in [2.24, 2.45) is 0 Å². The van der Waals surface area contributed by atoms with Crippen LogP contribution in [0.4, 0.5) is 0 Å². The average molecular weight is 233 g/mol. The minimum Gasteiger partial charge on any atom is -0.303 e. The summed E-state index contributed by atoms with van der Waals surface area (Å²) in [5, 5.41) is 0. The van der Waals surface area contributed by atoms with E-state index in [1.165, 1.54) is 4.70 Å². The van der Waals surface area contributed by atoms with Crippen molar-refractivity contribution >= 4 is 29.4 Å². The quantitative estimate of drug-likeness (QED) is 0.598. The Balaban J connectivity index is 0.000000171. The molecule has 0 saturated heterocycles. The van der Waals surface area contributed by atoms with Gasteiger partial charge in [-0.2, -0.15) is 0 Å². The fraction of sp³-hybridized carbons (Fsp3) is 0. The molecular weight excluding hydrogens is 225 g/mol. The van der Waals surface area contributed by atoms with Gasteiger partial charge in [0, 0.05) is 0 Å². The highest BCUT2D eigenvalue weighted by atomic mass is 32.1. The van der Waals surface area contributed by atoms with Gasteiger partial charge in [0.1, 0.15) is 0 Å². The number of nitrogens with zero attached hydrogens (tertiary/aromatic N) is 1. The van der Waals surface area contributed by atoms with Crippen LogP contribution in [0.25, 0.3) is 10.2 Å². The van der Waals surface area contributed by atoms with Crippen LogP contribution >= 0.6 is 19.2 Å². The molecule has 0 bridgehead atoms. The van der Waals surface area contributed by atoms with Crippen molar-refractivity contribution in [2.75, 3.05) is 0 Å². The minimum absolute atomic E-state index is 1.10. The maximum Gasteiger partial charge on any atom is 0.466 e. The van der Waals surface area contributed by atoms with E-state index in [2.05, 4.69) is 11.1 Å². The van der Waals surface area contributed by atoms with Gasteiger partial charge in [-0.05, 0) is 12.1 Å². The molecule has 0 spiro atoms. The lowest BCUT2D eigenvalue weighted by atomic mass is 10.3. The lowest BCUT2D eigenvalue weighted by Gasteiger charge is -1.82. The molecule has 0 aliphatic heterocycles. The summed E-state index contributed by atoms with van der Waals surface area (Å²) in [6.07, 6.45) is 0. The lowest BCUT2D eigenvalue weighted by Crippen LogP contribution is -1.66. The van der Waals surface area contributed by atoms with Crippen molar-refractivity contribution in [3.05, 3.63) is 29.8 Å². The molecule has 0 radical (unpaired) electrons. The number of para-hydroxylation sites is 1. The van der Waals surface area contributed by atoms with Gasteiger partial charge in [0.25, 0.3) is 0 Å². The Morgan fingerprint density at radius 1 is 1.21 bits per heavy atom. The van der Waals surface area contributed by atoms with Crippen LogP contribution < -0.4 is 0 Å². The lowest BCUT2D eigenvalue weighted by molar-refractivity contribution is 0.275. The monoisotopic (exact) mass is 233 g/mol. The molecule has 0 aliphatic rings. The van der Waals surface area contributed by atoms with Gasteiger partial charge in [0.2, 0.25) is 0 Å². The van der Waals surface area contributed by atoms with E-state index in [9.17, 15) is 0 Å². The molecule has 1 heterocycles. The maximum absolute atomic E-state index is 8.88. The van der Waals surface area contributed by atoms with Gasteiger partial charge in [0.05, 0.1) is 15.7 Å². The van der Waals surface area contributed by atoms with Crippen molar-refractivity contribution in [3.63, 3.8) is 0 Å². The first-order valence-corrected chi connectivity index (χ1v) is 5.98. The van der Waals surface area contributed by atoms with E-state index in [0.29, 0.717) is 0 Å². The number of thiazole rings is 1. The van der Waals surface area contributed by atoms with Crippen molar-refractivity contribution in [1.82, 2.24) is 4.98 Å². The summed E-state index contributed by atoms with van der Waals surface area (Å²) in [6.45, 7) is 0. The summed E-state index contributed by atoms with van der Waals surface area (Å²) in [7, 11) is -4.64. The first kappa shape index (κ1) is 11.3. The van der Waals surface area contributed by atoms with E-state index in [1.807, 2.05) is 23.7 Å². The van der Waals surface area contributed by atoms with E-state index in [4.69, 9.17) is 19.2 Å². The Morgan fingerprint density at radius 3 is 2.36 bits per heavy atom. The summed E-state index contributed by atoms with van der Waals surface area (Å²) in [5.74, 6) is 0. The fourth-order valence-electron chi connectivity index (χ4n) is 0.803. The van der Waals surface area contributed by atoms with E-state index < -0.39 is 7.82 Å². The number of hydrogen-bond donors (Lipinski definition) is 3. The zero-order valence-corrected chi connectivity index (χ0v) is 8.65. The smallest absolute Gasteiger partial charge is 0.303 e. The Hall–Kier alpha value is -0.780. The second-order valence-electron chi connectivity index (χ2n) is 2.33. The summed E-state index contributed by atoms with van der Waals surface area (Å²) in [5.41, 5.74) is 2.97. The first-order valence-electron chi connectivity index (χ1n) is 3.53. The van der Waals surface area contributed by atoms with Crippen molar-refractivity contribution in [2.45, 2.75) is 0 Å². The molecule has 2 aromatic rings. The molecule has 1 aromatic carbocycles. The highest BCUT2D eigenvalue weighted by molar-refractivity contribution is 7.45. The minimum atomic E-state index is -4.64. The largest absolute Gasteiger partial charge is 0.466 e. The van der Waals surface area contributed by atoms with Gasteiger partial charge in [-0.15, -0.1) is 11.3 Å². The number of phosphoric acid groups is 1. The molecule has 0 aliphatic carbocycles. The number of rotatable bonds is 0. The normalized spacial score (nSPS) is 10.8. The topological polar surface area (TPSA) is 90.7 Å². The van der Waals surface area contributed by atoms with Gasteiger partial charge in [-0.1, -0.05) is 12.1 Å². The van der Waals surface area contributed by atoms with Crippen LogP contribution in [0.2, 0.25) is 0 Å². The number of benzene rings is 1. The molecule has 2 rings (SSSR count). The van der Waals surface area contributed by atoms with Crippen LogP contribution in [0.3, 0.4) is 0 Å². The van der Waals surface area contributed by atoms with Crippen LogP contribution in [-0.2, 0) is 4.57 Å². The van der Waals surface area contributed by atoms with E-state index in [0.717, 1.165) is 5.52 Å². The SMILES string of the molecule is O=P(O)(O)O.c1ccc2scnc2c1. The summed E-state index contributed by atoms with van der Waals surface area (Å²) in [6, 6.07) is 8.13. The second kappa shape index (κ2) is 4.63. The van der Waals surface area contributed by atoms with Gasteiger partial charge in [0.15, 0.2) is 0 Å². The molecule has 0 unspecified atom stereocenters. The van der Waals surface area contributed by atoms with Crippen molar-refractivity contribution in [3.8, 4) is 0 Å². The maximum atomic E-state index is 8.88. The first-order chi connectivity index (χ1) is 6.47. The third-order valence-corrected chi connectivity index (χ3v) is 2.05. The standard InChI is InChI=1S/C7H5NS.H3O4P/c1-2-4-7-6(3-1)8-5-9-7;1-5(2,3)4/h1-5H;(H3,1,2,3,4). The van der Waals surface area contributed by atoms with Crippen LogP contribution in [0.15, 0.2) is 29.8 Å². The molecule has 1 aromatic heterocycles. The molecule has 7 heteroatoms. The second-order valence-corrected chi connectivity index (χ2v) is 4.25. The van der Waals surface area contributed by atoms with Crippen LogP contribution in [-0.4, -0.2) is 19.7 Å². The third-order valence-electron chi connectivity index (χ3n) is 1.24. The molecule has 0 amide bonds. The average Bonchev–Trinajstić information content (AvgIpc) is 2.47. The third kappa shape index (κ3) is 4.45. The highest BCUT2D eigenvalue weighted by Crippen LogP contribution is 2.25. The van der Waals surface area contributed by atoms with Crippen LogP contribution in [0.1, 0.15) is 0 Å². The van der Waals surface area contributed by atoms with Gasteiger partial charge >= 0.3 is 7.82 Å². The summed E-state index contributed by atoms with van der Waals surface area (Å²) >= 11 is 1.68. The summed E-state index contributed by atoms with van der Waals surface area (Å²) in [4.78, 5) is 25.7. The van der Waals surface area contributed by atoms with Gasteiger partial charge in [-0.3, -0.25) is 0 Å². The molecule has 0 saturated carbocycles. The molecule has 0 fully saturated rings. The zero-order chi connectivity index (χ0) is 10.6. The van der Waals surface area contributed by atoms with Crippen molar-refractivity contribution in [1.29, 1.82) is 0 Å². The van der Waals surface area contributed by atoms with Gasteiger partial charge in [-0.25, -0.2) is 9.55 Å². The molecule has 5 nitrogen and oxygen atoms in total. The van der Waals surface area contributed by atoms with E-state index in [-0.39, 0.29) is 0 Å². The fourth-order valence-corrected chi connectivity index (χ4v) is 1.48. The van der Waals surface area contributed by atoms with E-state index in [1.54, 1.807) is 11.3 Å².